The monoisotopic (exact) mass is 468 g/mol. The molecule has 4 aromatic rings. The van der Waals surface area contributed by atoms with E-state index < -0.39 is 11.7 Å². The number of aromatic nitrogens is 2. The normalized spacial score (nSPS) is 13.1. The van der Waals surface area contributed by atoms with Gasteiger partial charge in [-0.05, 0) is 55.0 Å². The second kappa shape index (κ2) is 9.14. The van der Waals surface area contributed by atoms with Gasteiger partial charge in [0.25, 0.3) is 0 Å². The number of allylic oxidation sites excluding steroid dienone is 1. The van der Waals surface area contributed by atoms with Crippen LogP contribution in [-0.2, 0) is 6.61 Å². The number of carboxylic acid groups (broad SMARTS) is 1. The minimum atomic E-state index is -1.32. The zero-order valence-corrected chi connectivity index (χ0v) is 18.6. The Labute approximate surface area is 200 Å². The van der Waals surface area contributed by atoms with Crippen LogP contribution in [0.2, 0.25) is 0 Å². The summed E-state index contributed by atoms with van der Waals surface area (Å²) in [6, 6.07) is 12.7. The molecule has 174 valence electrons. The maximum Gasteiger partial charge on any atom is 0.345 e. The number of furan rings is 1. The third-order valence-corrected chi connectivity index (χ3v) is 5.41. The molecule has 1 aliphatic rings. The quantitative estimate of drug-likeness (QED) is 0.330. The Morgan fingerprint density at radius 2 is 2.06 bits per heavy atom. The minimum Gasteiger partial charge on any atom is -0.504 e. The van der Waals surface area contributed by atoms with Gasteiger partial charge in [-0.1, -0.05) is 6.07 Å². The summed E-state index contributed by atoms with van der Waals surface area (Å²) in [7, 11) is 0. The number of rotatable bonds is 7. The molecule has 9 nitrogen and oxygen atoms in total. The Balaban J connectivity index is 1.40. The van der Waals surface area contributed by atoms with Gasteiger partial charge in [-0.25, -0.2) is 14.8 Å². The summed E-state index contributed by atoms with van der Waals surface area (Å²) < 4.78 is 11.6. The highest BCUT2D eigenvalue weighted by molar-refractivity contribution is 6.21. The molecule has 3 aromatic heterocycles. The SMILES string of the molecule is Cc1cc(OCc2cccnc2)ccc1Nc1oc(C=C2C=Nc3ncccc32)c(O)c1C(=O)O. The molecule has 0 radical (unpaired) electrons. The fourth-order valence-electron chi connectivity index (χ4n) is 3.64. The Morgan fingerprint density at radius 1 is 1.20 bits per heavy atom. The maximum absolute atomic E-state index is 11.9. The van der Waals surface area contributed by atoms with Gasteiger partial charge < -0.3 is 24.7 Å². The number of aryl methyl sites for hydroxylation is 1. The number of nitrogens with one attached hydrogen (secondary N) is 1. The fourth-order valence-corrected chi connectivity index (χ4v) is 3.64. The first-order valence-corrected chi connectivity index (χ1v) is 10.7. The molecule has 0 unspecified atom stereocenters. The summed E-state index contributed by atoms with van der Waals surface area (Å²) in [5.41, 5.74) is 3.38. The van der Waals surface area contributed by atoms with E-state index in [1.54, 1.807) is 43.0 Å². The molecule has 35 heavy (non-hydrogen) atoms. The zero-order chi connectivity index (χ0) is 24.4. The number of pyridine rings is 2. The van der Waals surface area contributed by atoms with Crippen molar-refractivity contribution >= 4 is 41.2 Å². The number of aromatic hydroxyl groups is 1. The first-order valence-electron chi connectivity index (χ1n) is 10.7. The number of fused-ring (bicyclic) bond motifs is 1. The van der Waals surface area contributed by atoms with Crippen molar-refractivity contribution in [3.05, 3.63) is 89.1 Å². The number of hydrogen-bond donors (Lipinski definition) is 3. The second-order valence-corrected chi connectivity index (χ2v) is 7.81. The van der Waals surface area contributed by atoms with Crippen LogP contribution >= 0.6 is 0 Å². The number of aliphatic imine (C=N–C) groups is 1. The Bertz CT molecular complexity index is 1470. The smallest absolute Gasteiger partial charge is 0.345 e. The molecule has 4 heterocycles. The van der Waals surface area contributed by atoms with E-state index in [4.69, 9.17) is 9.15 Å². The van der Waals surface area contributed by atoms with Crippen molar-refractivity contribution in [1.82, 2.24) is 9.97 Å². The van der Waals surface area contributed by atoms with Crippen molar-refractivity contribution in [3.8, 4) is 11.5 Å². The molecule has 3 N–H and O–H groups in total. The van der Waals surface area contributed by atoms with E-state index in [0.717, 1.165) is 16.7 Å². The van der Waals surface area contributed by atoms with E-state index in [0.29, 0.717) is 29.4 Å². The predicted molar refractivity (Wildman–Crippen MR) is 131 cm³/mol. The first kappa shape index (κ1) is 21.9. The number of benzene rings is 1. The van der Waals surface area contributed by atoms with Crippen LogP contribution in [-0.4, -0.2) is 32.4 Å². The first-order chi connectivity index (χ1) is 17.0. The lowest BCUT2D eigenvalue weighted by molar-refractivity contribution is 0.0695. The lowest BCUT2D eigenvalue weighted by Gasteiger charge is -2.11. The Morgan fingerprint density at radius 3 is 2.83 bits per heavy atom. The van der Waals surface area contributed by atoms with Gasteiger partial charge in [0.1, 0.15) is 12.4 Å². The molecule has 5 rings (SSSR count). The molecular formula is C26H20N4O5. The third kappa shape index (κ3) is 4.47. The van der Waals surface area contributed by atoms with Gasteiger partial charge in [-0.3, -0.25) is 4.98 Å². The summed E-state index contributed by atoms with van der Waals surface area (Å²) in [6.07, 6.45) is 8.18. The Kier molecular flexibility index (Phi) is 5.72. The summed E-state index contributed by atoms with van der Waals surface area (Å²) in [4.78, 5) is 24.4. The van der Waals surface area contributed by atoms with Crippen LogP contribution in [0.3, 0.4) is 0 Å². The average molecular weight is 468 g/mol. The predicted octanol–water partition coefficient (Wildman–Crippen LogP) is 5.36. The number of anilines is 2. The Hall–Kier alpha value is -4.92. The van der Waals surface area contributed by atoms with Crippen LogP contribution in [0.4, 0.5) is 17.4 Å². The largest absolute Gasteiger partial charge is 0.504 e. The van der Waals surface area contributed by atoms with E-state index in [2.05, 4.69) is 20.3 Å². The number of hydrogen-bond acceptors (Lipinski definition) is 8. The zero-order valence-electron chi connectivity index (χ0n) is 18.6. The highest BCUT2D eigenvalue weighted by Gasteiger charge is 2.26. The van der Waals surface area contributed by atoms with E-state index in [9.17, 15) is 15.0 Å². The number of carboxylic acids is 1. The maximum atomic E-state index is 11.9. The summed E-state index contributed by atoms with van der Waals surface area (Å²) in [5, 5.41) is 23.3. The van der Waals surface area contributed by atoms with Crippen LogP contribution in [0.1, 0.15) is 32.8 Å². The highest BCUT2D eigenvalue weighted by Crippen LogP contribution is 2.39. The standard InChI is InChI=1S/C26H20N4O5/c1-15-10-18(34-14-16-4-2-8-27-12-16)6-7-20(15)30-25-22(26(32)33)23(31)21(35-25)11-17-13-29-24-19(17)5-3-9-28-24/h2-13,30-31H,14H2,1H3,(H,32,33). The van der Waals surface area contributed by atoms with Crippen molar-refractivity contribution < 1.29 is 24.2 Å². The van der Waals surface area contributed by atoms with Gasteiger partial charge in [0, 0.05) is 47.2 Å². The van der Waals surface area contributed by atoms with Crippen LogP contribution in [0.15, 0.2) is 70.5 Å². The van der Waals surface area contributed by atoms with Gasteiger partial charge in [0.05, 0.1) is 0 Å². The molecule has 0 saturated carbocycles. The number of nitrogens with zero attached hydrogens (tertiary/aromatic N) is 3. The van der Waals surface area contributed by atoms with Gasteiger partial charge in [-0.15, -0.1) is 0 Å². The van der Waals surface area contributed by atoms with Crippen molar-refractivity contribution in [2.75, 3.05) is 5.32 Å². The summed E-state index contributed by atoms with van der Waals surface area (Å²) in [5.74, 6) is -0.701. The van der Waals surface area contributed by atoms with Gasteiger partial charge in [0.2, 0.25) is 5.88 Å². The van der Waals surface area contributed by atoms with Crippen molar-refractivity contribution in [3.63, 3.8) is 0 Å². The number of carbonyl (C=O) groups is 1. The fraction of sp³-hybridized carbons (Fsp3) is 0.0769. The van der Waals surface area contributed by atoms with E-state index in [1.807, 2.05) is 31.2 Å². The highest BCUT2D eigenvalue weighted by atomic mass is 16.5. The molecule has 0 amide bonds. The molecule has 1 aromatic carbocycles. The summed E-state index contributed by atoms with van der Waals surface area (Å²) >= 11 is 0. The lowest BCUT2D eigenvalue weighted by atomic mass is 10.1. The van der Waals surface area contributed by atoms with Crippen LogP contribution < -0.4 is 10.1 Å². The van der Waals surface area contributed by atoms with E-state index in [1.165, 1.54) is 6.08 Å². The van der Waals surface area contributed by atoms with Gasteiger partial charge in [0.15, 0.2) is 22.9 Å². The van der Waals surface area contributed by atoms with Crippen LogP contribution in [0.5, 0.6) is 11.5 Å². The number of aromatic carboxylic acids is 1. The van der Waals surface area contributed by atoms with Crippen molar-refractivity contribution in [2.24, 2.45) is 4.99 Å². The van der Waals surface area contributed by atoms with Crippen molar-refractivity contribution in [2.45, 2.75) is 13.5 Å². The average Bonchev–Trinajstić information content (AvgIpc) is 3.40. The van der Waals surface area contributed by atoms with Crippen molar-refractivity contribution in [1.29, 1.82) is 0 Å². The molecule has 9 heteroatoms. The van der Waals surface area contributed by atoms with Crippen LogP contribution in [0.25, 0.3) is 11.6 Å². The molecule has 1 aliphatic heterocycles. The van der Waals surface area contributed by atoms with Crippen LogP contribution in [0, 0.1) is 6.92 Å². The second-order valence-electron chi connectivity index (χ2n) is 7.81. The van der Waals surface area contributed by atoms with Gasteiger partial charge >= 0.3 is 5.97 Å². The topological polar surface area (TPSA) is 130 Å². The summed E-state index contributed by atoms with van der Waals surface area (Å²) in [6.45, 7) is 2.22. The van der Waals surface area contributed by atoms with E-state index >= 15 is 0 Å². The molecule has 0 bridgehead atoms. The lowest BCUT2D eigenvalue weighted by Crippen LogP contribution is -2.01. The molecule has 0 spiro atoms. The minimum absolute atomic E-state index is 0.00266. The number of ether oxygens (including phenoxy) is 1. The molecule has 0 fully saturated rings. The molecule has 0 aliphatic carbocycles. The van der Waals surface area contributed by atoms with E-state index in [-0.39, 0.29) is 17.2 Å². The molecule has 0 saturated heterocycles. The van der Waals surface area contributed by atoms with Gasteiger partial charge in [-0.2, -0.15) is 0 Å². The molecular weight excluding hydrogens is 448 g/mol. The third-order valence-electron chi connectivity index (χ3n) is 5.41. The molecule has 0 atom stereocenters.